The summed E-state index contributed by atoms with van der Waals surface area (Å²) in [6.07, 6.45) is 1.20. The fourth-order valence-electron chi connectivity index (χ4n) is 3.20. The smallest absolute Gasteiger partial charge is 0.235 e. The highest BCUT2D eigenvalue weighted by molar-refractivity contribution is 8.00. The molecule has 1 fully saturated rings. The third-order valence-corrected chi connectivity index (χ3v) is 6.43. The summed E-state index contributed by atoms with van der Waals surface area (Å²) in [6, 6.07) is 6.51. The summed E-state index contributed by atoms with van der Waals surface area (Å²) in [4.78, 5) is 38.7. The van der Waals surface area contributed by atoms with Crippen molar-refractivity contribution in [3.8, 4) is 0 Å². The second kappa shape index (κ2) is 10.3. The molecule has 1 aromatic heterocycles. The van der Waals surface area contributed by atoms with Crippen molar-refractivity contribution in [3.05, 3.63) is 45.6 Å². The average molecular weight is 470 g/mol. The highest BCUT2D eigenvalue weighted by Gasteiger charge is 2.28. The normalized spacial score (nSPS) is 14.6. The first-order valence-electron chi connectivity index (χ1n) is 9.41. The monoisotopic (exact) mass is 469 g/mol. The molecule has 1 aliphatic heterocycles. The van der Waals surface area contributed by atoms with Crippen LogP contribution in [0.5, 0.6) is 0 Å². The number of aromatic nitrogens is 1. The molecule has 0 bridgehead atoms. The van der Waals surface area contributed by atoms with Gasteiger partial charge in [0.2, 0.25) is 11.8 Å². The highest BCUT2D eigenvalue weighted by Crippen LogP contribution is 2.27. The number of likely N-dealkylation sites (tertiary alicyclic amines) is 1. The molecule has 0 radical (unpaired) electrons. The molecule has 1 N–H and O–H groups in total. The van der Waals surface area contributed by atoms with Crippen LogP contribution in [0.3, 0.4) is 0 Å². The quantitative estimate of drug-likeness (QED) is 0.613. The molecule has 30 heavy (non-hydrogen) atoms. The van der Waals surface area contributed by atoms with Gasteiger partial charge in [0.05, 0.1) is 21.6 Å². The van der Waals surface area contributed by atoms with Crippen LogP contribution >= 0.6 is 35.0 Å². The van der Waals surface area contributed by atoms with Gasteiger partial charge in [0.25, 0.3) is 0 Å². The lowest BCUT2D eigenvalue weighted by Gasteiger charge is -2.31. The van der Waals surface area contributed by atoms with E-state index in [1.807, 2.05) is 0 Å². The number of anilines is 1. The van der Waals surface area contributed by atoms with E-state index in [9.17, 15) is 14.4 Å². The van der Waals surface area contributed by atoms with Crippen molar-refractivity contribution in [2.75, 3.05) is 29.9 Å². The maximum Gasteiger partial charge on any atom is 0.235 e. The number of carbonyl (C=O) groups is 3. The second-order valence-corrected chi connectivity index (χ2v) is 8.81. The Hall–Kier alpha value is -2.03. The number of nitrogens with one attached hydrogen (secondary N) is 1. The number of benzene rings is 1. The fraction of sp³-hybridized carbons (Fsp3) is 0.400. The number of amides is 2. The molecule has 160 valence electrons. The SMILES string of the molecule is Cc1cc(NC(=O)CSCC(=O)N2CCC(C(=O)c3ccc(Cl)c(Cl)c3)CC2)no1. The molecule has 1 saturated heterocycles. The van der Waals surface area contributed by atoms with Crippen molar-refractivity contribution in [2.24, 2.45) is 5.92 Å². The van der Waals surface area contributed by atoms with Crippen molar-refractivity contribution >= 4 is 58.4 Å². The Bertz CT molecular complexity index is 942. The number of rotatable bonds is 7. The molecule has 0 unspecified atom stereocenters. The van der Waals surface area contributed by atoms with Gasteiger partial charge in [-0.3, -0.25) is 14.4 Å². The molecule has 2 heterocycles. The van der Waals surface area contributed by atoms with E-state index in [-0.39, 0.29) is 35.0 Å². The average Bonchev–Trinajstić information content (AvgIpc) is 3.14. The summed E-state index contributed by atoms with van der Waals surface area (Å²) in [7, 11) is 0. The minimum absolute atomic E-state index is 0.0230. The lowest BCUT2D eigenvalue weighted by Crippen LogP contribution is -2.41. The summed E-state index contributed by atoms with van der Waals surface area (Å²) in [5, 5.41) is 7.07. The van der Waals surface area contributed by atoms with Gasteiger partial charge in [-0.05, 0) is 38.0 Å². The highest BCUT2D eigenvalue weighted by atomic mass is 35.5. The summed E-state index contributed by atoms with van der Waals surface area (Å²) >= 11 is 13.1. The Labute approximate surface area is 188 Å². The predicted molar refractivity (Wildman–Crippen MR) is 117 cm³/mol. The van der Waals surface area contributed by atoms with Crippen LogP contribution in [-0.2, 0) is 9.59 Å². The standard InChI is InChI=1S/C20H21Cl2N3O4S/c1-12-8-17(24-29-12)23-18(26)10-30-11-19(27)25-6-4-13(5-7-25)20(28)14-2-3-15(21)16(22)9-14/h2-3,8-9,13H,4-7,10-11H2,1H3,(H,23,24,26). The maximum atomic E-state index is 12.7. The molecule has 0 saturated carbocycles. The molecule has 1 aromatic carbocycles. The van der Waals surface area contributed by atoms with Crippen LogP contribution in [-0.4, -0.2) is 52.2 Å². The number of thioether (sulfide) groups is 1. The molecule has 10 heteroatoms. The number of ketones is 1. The van der Waals surface area contributed by atoms with E-state index >= 15 is 0 Å². The van der Waals surface area contributed by atoms with E-state index in [0.717, 1.165) is 0 Å². The molecule has 2 aromatic rings. The largest absolute Gasteiger partial charge is 0.360 e. The first-order valence-corrected chi connectivity index (χ1v) is 11.3. The number of halogens is 2. The zero-order valence-corrected chi connectivity index (χ0v) is 18.6. The van der Waals surface area contributed by atoms with Gasteiger partial charge in [0, 0.05) is 30.6 Å². The van der Waals surface area contributed by atoms with E-state index in [1.165, 1.54) is 11.8 Å². The first kappa shape index (κ1) is 22.7. The maximum absolute atomic E-state index is 12.7. The van der Waals surface area contributed by atoms with Crippen molar-refractivity contribution in [2.45, 2.75) is 19.8 Å². The second-order valence-electron chi connectivity index (χ2n) is 7.01. The molecule has 2 amide bonds. The number of piperidine rings is 1. The summed E-state index contributed by atoms with van der Waals surface area (Å²) in [5.74, 6) is 0.913. The third-order valence-electron chi connectivity index (χ3n) is 4.78. The van der Waals surface area contributed by atoms with Crippen LogP contribution in [0.2, 0.25) is 10.0 Å². The van der Waals surface area contributed by atoms with Gasteiger partial charge in [-0.15, -0.1) is 11.8 Å². The van der Waals surface area contributed by atoms with Gasteiger partial charge < -0.3 is 14.7 Å². The van der Waals surface area contributed by atoms with Gasteiger partial charge in [0.1, 0.15) is 5.76 Å². The topological polar surface area (TPSA) is 92.5 Å². The van der Waals surface area contributed by atoms with Crippen LogP contribution in [0.4, 0.5) is 5.82 Å². The molecule has 1 aliphatic rings. The van der Waals surface area contributed by atoms with Crippen LogP contribution < -0.4 is 5.32 Å². The van der Waals surface area contributed by atoms with Gasteiger partial charge in [-0.1, -0.05) is 28.4 Å². The minimum Gasteiger partial charge on any atom is -0.360 e. The Kier molecular flexibility index (Phi) is 7.80. The van der Waals surface area contributed by atoms with Crippen LogP contribution in [0, 0.1) is 12.8 Å². The lowest BCUT2D eigenvalue weighted by molar-refractivity contribution is -0.129. The third kappa shape index (κ3) is 6.00. The first-order chi connectivity index (χ1) is 14.3. The van der Waals surface area contributed by atoms with Crippen molar-refractivity contribution in [1.82, 2.24) is 10.1 Å². The van der Waals surface area contributed by atoms with Crippen LogP contribution in [0.1, 0.15) is 29.0 Å². The number of nitrogens with zero attached hydrogens (tertiary/aromatic N) is 2. The zero-order chi connectivity index (χ0) is 21.7. The molecule has 0 spiro atoms. The van der Waals surface area contributed by atoms with Crippen molar-refractivity contribution < 1.29 is 18.9 Å². The zero-order valence-electron chi connectivity index (χ0n) is 16.3. The summed E-state index contributed by atoms with van der Waals surface area (Å²) < 4.78 is 4.88. The number of hydrogen-bond acceptors (Lipinski definition) is 6. The minimum atomic E-state index is -0.243. The Morgan fingerprint density at radius 1 is 1.17 bits per heavy atom. The van der Waals surface area contributed by atoms with E-state index < -0.39 is 0 Å². The van der Waals surface area contributed by atoms with Gasteiger partial charge in [0.15, 0.2) is 11.6 Å². The molecule has 3 rings (SSSR count). The molecule has 0 atom stereocenters. The fourth-order valence-corrected chi connectivity index (χ4v) is 4.22. The van der Waals surface area contributed by atoms with E-state index in [4.69, 9.17) is 27.7 Å². The Morgan fingerprint density at radius 2 is 1.90 bits per heavy atom. The van der Waals surface area contributed by atoms with E-state index in [0.29, 0.717) is 53.1 Å². The van der Waals surface area contributed by atoms with Crippen LogP contribution in [0.15, 0.2) is 28.8 Å². The van der Waals surface area contributed by atoms with E-state index in [1.54, 1.807) is 36.1 Å². The lowest BCUT2D eigenvalue weighted by atomic mass is 9.89. The summed E-state index contributed by atoms with van der Waals surface area (Å²) in [5.41, 5.74) is 0.540. The predicted octanol–water partition coefficient (Wildman–Crippen LogP) is 4.08. The summed E-state index contributed by atoms with van der Waals surface area (Å²) in [6.45, 7) is 2.76. The number of aryl methyl sites for hydroxylation is 1. The Morgan fingerprint density at radius 3 is 2.53 bits per heavy atom. The van der Waals surface area contributed by atoms with E-state index in [2.05, 4.69) is 10.5 Å². The van der Waals surface area contributed by atoms with Gasteiger partial charge >= 0.3 is 0 Å². The van der Waals surface area contributed by atoms with Gasteiger partial charge in [-0.2, -0.15) is 0 Å². The van der Waals surface area contributed by atoms with Gasteiger partial charge in [-0.25, -0.2) is 0 Å². The van der Waals surface area contributed by atoms with Crippen molar-refractivity contribution in [1.29, 1.82) is 0 Å². The molecule has 0 aliphatic carbocycles. The Balaban J connectivity index is 1.39. The number of carbonyl (C=O) groups excluding carboxylic acids is 3. The molecular weight excluding hydrogens is 449 g/mol. The van der Waals surface area contributed by atoms with Crippen molar-refractivity contribution in [3.63, 3.8) is 0 Å². The molecular formula is C20H21Cl2N3O4S. The number of hydrogen-bond donors (Lipinski definition) is 1. The number of Topliss-reactive ketones (excluding diaryl/α,β-unsaturated/α-hetero) is 1. The molecule has 7 nitrogen and oxygen atoms in total. The van der Waals surface area contributed by atoms with Crippen LogP contribution in [0.25, 0.3) is 0 Å².